The Morgan fingerprint density at radius 2 is 1.93 bits per heavy atom. The predicted molar refractivity (Wildman–Crippen MR) is 102 cm³/mol. The fourth-order valence-corrected chi connectivity index (χ4v) is 3.77. The molecule has 8 nitrogen and oxygen atoms in total. The molecule has 1 amide bonds. The zero-order chi connectivity index (χ0) is 19.1. The lowest BCUT2D eigenvalue weighted by Crippen LogP contribution is -2.31. The standard InChI is InChI=1S/C18H18N4O4S/c19-16-15-13(21-27(24,25)22-16)7-4-8-14(15)26-11-18(9-10-18)17(23)20-12-5-2-1-3-6-12/h1-8,21H,9-11H2,(H2,19,22)(H,20,23). The van der Waals surface area contributed by atoms with E-state index in [0.29, 0.717) is 17.0 Å². The van der Waals surface area contributed by atoms with Crippen molar-refractivity contribution in [2.75, 3.05) is 16.6 Å². The molecule has 1 heterocycles. The van der Waals surface area contributed by atoms with Gasteiger partial charge in [-0.2, -0.15) is 8.42 Å². The maximum Gasteiger partial charge on any atom is 0.344 e. The molecule has 1 fully saturated rings. The average molecular weight is 386 g/mol. The second-order valence-corrected chi connectivity index (χ2v) is 7.96. The molecular formula is C18H18N4O4S. The number of carbonyl (C=O) groups is 1. The van der Waals surface area contributed by atoms with E-state index in [4.69, 9.17) is 10.5 Å². The third-order valence-electron chi connectivity index (χ3n) is 4.61. The number of nitrogens with two attached hydrogens (primary N) is 1. The van der Waals surface area contributed by atoms with Gasteiger partial charge in [0.2, 0.25) is 5.91 Å². The number of amides is 1. The summed E-state index contributed by atoms with van der Waals surface area (Å²) in [5.41, 5.74) is 6.63. The van der Waals surface area contributed by atoms with Gasteiger partial charge in [-0.15, -0.1) is 4.40 Å². The number of nitrogens with zero attached hydrogens (tertiary/aromatic N) is 1. The second-order valence-electron chi connectivity index (χ2n) is 6.62. The zero-order valence-electron chi connectivity index (χ0n) is 14.3. The van der Waals surface area contributed by atoms with E-state index in [2.05, 4.69) is 14.4 Å². The molecule has 1 aliphatic heterocycles. The maximum atomic E-state index is 12.6. The minimum atomic E-state index is -3.85. The van der Waals surface area contributed by atoms with Gasteiger partial charge in [0.25, 0.3) is 0 Å². The molecule has 1 aliphatic carbocycles. The summed E-state index contributed by atoms with van der Waals surface area (Å²) in [5, 5.41) is 2.90. The van der Waals surface area contributed by atoms with Crippen LogP contribution in [0.3, 0.4) is 0 Å². The molecule has 0 radical (unpaired) electrons. The van der Waals surface area contributed by atoms with Crippen LogP contribution in [0.4, 0.5) is 11.4 Å². The quantitative estimate of drug-likeness (QED) is 0.724. The van der Waals surface area contributed by atoms with Crippen molar-refractivity contribution in [1.29, 1.82) is 0 Å². The highest BCUT2D eigenvalue weighted by Gasteiger charge is 2.51. The van der Waals surface area contributed by atoms with Crippen LogP contribution in [0.2, 0.25) is 0 Å². The molecule has 0 atom stereocenters. The van der Waals surface area contributed by atoms with Gasteiger partial charge < -0.3 is 15.8 Å². The summed E-state index contributed by atoms with van der Waals surface area (Å²) in [5.74, 6) is 0.147. The Kier molecular flexibility index (Phi) is 4.03. The van der Waals surface area contributed by atoms with Gasteiger partial charge >= 0.3 is 10.2 Å². The maximum absolute atomic E-state index is 12.6. The van der Waals surface area contributed by atoms with Gasteiger partial charge in [0.1, 0.15) is 12.4 Å². The molecule has 4 rings (SSSR count). The van der Waals surface area contributed by atoms with E-state index in [9.17, 15) is 13.2 Å². The van der Waals surface area contributed by atoms with Gasteiger partial charge in [0, 0.05) is 5.69 Å². The first kappa shape index (κ1) is 17.3. The third-order valence-corrected chi connectivity index (χ3v) is 5.53. The molecule has 0 spiro atoms. The third kappa shape index (κ3) is 3.45. The van der Waals surface area contributed by atoms with Gasteiger partial charge in [0.15, 0.2) is 5.84 Å². The number of amidine groups is 1. The molecule has 0 saturated heterocycles. The first-order chi connectivity index (χ1) is 12.9. The summed E-state index contributed by atoms with van der Waals surface area (Å²) in [4.78, 5) is 12.6. The Labute approximate surface area is 156 Å². The Bertz CT molecular complexity index is 1030. The Morgan fingerprint density at radius 3 is 2.63 bits per heavy atom. The highest BCUT2D eigenvalue weighted by molar-refractivity contribution is 7.91. The molecule has 0 aromatic heterocycles. The van der Waals surface area contributed by atoms with Gasteiger partial charge in [-0.25, -0.2) is 0 Å². The van der Waals surface area contributed by atoms with E-state index in [1.807, 2.05) is 30.3 Å². The van der Waals surface area contributed by atoms with Crippen LogP contribution in [0.5, 0.6) is 5.75 Å². The first-order valence-electron chi connectivity index (χ1n) is 8.39. The summed E-state index contributed by atoms with van der Waals surface area (Å²) in [6, 6.07) is 14.1. The topological polar surface area (TPSA) is 123 Å². The minimum absolute atomic E-state index is 0.0964. The molecule has 9 heteroatoms. The SMILES string of the molecule is NC1=NS(=O)(=O)Nc2cccc(OCC3(C(=O)Nc4ccccc4)CC3)c21. The normalized spacial score (nSPS) is 18.4. The molecular weight excluding hydrogens is 368 g/mol. The molecule has 27 heavy (non-hydrogen) atoms. The fraction of sp³-hybridized carbons (Fsp3) is 0.222. The van der Waals surface area contributed by atoms with E-state index < -0.39 is 15.6 Å². The van der Waals surface area contributed by atoms with Crippen LogP contribution < -0.4 is 20.5 Å². The number of anilines is 2. The lowest BCUT2D eigenvalue weighted by Gasteiger charge is -2.21. The lowest BCUT2D eigenvalue weighted by atomic mass is 10.1. The predicted octanol–water partition coefficient (Wildman–Crippen LogP) is 1.86. The number of hydrogen-bond acceptors (Lipinski definition) is 5. The van der Waals surface area contributed by atoms with Gasteiger partial charge in [-0.1, -0.05) is 24.3 Å². The molecule has 4 N–H and O–H groups in total. The number of rotatable bonds is 5. The van der Waals surface area contributed by atoms with Crippen molar-refractivity contribution in [1.82, 2.24) is 0 Å². The molecule has 0 bridgehead atoms. The Morgan fingerprint density at radius 1 is 1.19 bits per heavy atom. The number of nitrogens with one attached hydrogen (secondary N) is 2. The van der Waals surface area contributed by atoms with Crippen LogP contribution in [0.25, 0.3) is 0 Å². The van der Waals surface area contributed by atoms with Crippen LogP contribution >= 0.6 is 0 Å². The summed E-state index contributed by atoms with van der Waals surface area (Å²) >= 11 is 0. The number of para-hydroxylation sites is 1. The van der Waals surface area contributed by atoms with Crippen molar-refractivity contribution in [2.24, 2.45) is 15.5 Å². The first-order valence-corrected chi connectivity index (χ1v) is 9.83. The largest absolute Gasteiger partial charge is 0.492 e. The summed E-state index contributed by atoms with van der Waals surface area (Å²) in [7, 11) is -3.85. The van der Waals surface area contributed by atoms with Gasteiger partial charge in [0.05, 0.1) is 16.7 Å². The molecule has 2 aromatic carbocycles. The van der Waals surface area contributed by atoms with Crippen LogP contribution in [-0.2, 0) is 15.0 Å². The zero-order valence-corrected chi connectivity index (χ0v) is 15.1. The Balaban J connectivity index is 1.51. The van der Waals surface area contributed by atoms with E-state index in [1.54, 1.807) is 18.2 Å². The van der Waals surface area contributed by atoms with Crippen LogP contribution in [-0.4, -0.2) is 26.8 Å². The highest BCUT2D eigenvalue weighted by Crippen LogP contribution is 2.47. The smallest absolute Gasteiger partial charge is 0.344 e. The van der Waals surface area contributed by atoms with Gasteiger partial charge in [-0.3, -0.25) is 9.52 Å². The second kappa shape index (κ2) is 6.27. The highest BCUT2D eigenvalue weighted by atomic mass is 32.2. The van der Waals surface area contributed by atoms with Gasteiger partial charge in [-0.05, 0) is 37.1 Å². The van der Waals surface area contributed by atoms with Crippen molar-refractivity contribution < 1.29 is 17.9 Å². The Hall–Kier alpha value is -3.07. The van der Waals surface area contributed by atoms with Crippen molar-refractivity contribution >= 4 is 33.3 Å². The van der Waals surface area contributed by atoms with Crippen LogP contribution in [0, 0.1) is 5.41 Å². The van der Waals surface area contributed by atoms with E-state index in [-0.39, 0.29) is 18.3 Å². The van der Waals surface area contributed by atoms with Crippen molar-refractivity contribution in [3.05, 3.63) is 54.1 Å². The summed E-state index contributed by atoms with van der Waals surface area (Å²) in [6.07, 6.45) is 1.44. The number of ether oxygens (including phenoxy) is 1. The van der Waals surface area contributed by atoms with Crippen molar-refractivity contribution in [3.63, 3.8) is 0 Å². The van der Waals surface area contributed by atoms with E-state index in [0.717, 1.165) is 18.5 Å². The molecule has 2 aromatic rings. The van der Waals surface area contributed by atoms with Crippen LogP contribution in [0.15, 0.2) is 52.9 Å². The van der Waals surface area contributed by atoms with Crippen molar-refractivity contribution in [3.8, 4) is 5.75 Å². The molecule has 1 saturated carbocycles. The van der Waals surface area contributed by atoms with Crippen molar-refractivity contribution in [2.45, 2.75) is 12.8 Å². The number of hydrogen-bond donors (Lipinski definition) is 3. The average Bonchev–Trinajstić information content (AvgIpc) is 3.41. The number of carbonyl (C=O) groups excluding carboxylic acids is 1. The molecule has 140 valence electrons. The van der Waals surface area contributed by atoms with E-state index in [1.165, 1.54) is 0 Å². The number of fused-ring (bicyclic) bond motifs is 1. The molecule has 0 unspecified atom stereocenters. The molecule has 2 aliphatic rings. The monoisotopic (exact) mass is 386 g/mol. The fourth-order valence-electron chi connectivity index (χ4n) is 2.93. The van der Waals surface area contributed by atoms with E-state index >= 15 is 0 Å². The minimum Gasteiger partial charge on any atom is -0.492 e. The summed E-state index contributed by atoms with van der Waals surface area (Å²) in [6.45, 7) is 0.169. The lowest BCUT2D eigenvalue weighted by molar-refractivity contribution is -0.122. The van der Waals surface area contributed by atoms with Crippen LogP contribution in [0.1, 0.15) is 18.4 Å². The number of benzene rings is 2. The summed E-state index contributed by atoms with van der Waals surface area (Å²) < 4.78 is 35.0.